The van der Waals surface area contributed by atoms with Gasteiger partial charge in [0.15, 0.2) is 0 Å². The van der Waals surface area contributed by atoms with Crippen LogP contribution in [0.15, 0.2) is 12.5 Å². The average molecular weight is 279 g/mol. The average Bonchev–Trinajstić information content (AvgIpc) is 2.90. The Balaban J connectivity index is 1.85. The van der Waals surface area contributed by atoms with E-state index in [0.29, 0.717) is 11.8 Å². The molecule has 1 aromatic rings. The Morgan fingerprint density at radius 2 is 2.10 bits per heavy atom. The molecule has 0 aliphatic carbocycles. The molecule has 1 unspecified atom stereocenters. The fraction of sp³-hybridized carbons (Fsp3) is 0.733. The fourth-order valence-corrected chi connectivity index (χ4v) is 2.67. The highest BCUT2D eigenvalue weighted by Crippen LogP contribution is 2.31. The molecule has 0 saturated carbocycles. The Bertz CT molecular complexity index is 428. The molecule has 1 saturated heterocycles. The summed E-state index contributed by atoms with van der Waals surface area (Å²) in [6, 6.07) is 0. The summed E-state index contributed by atoms with van der Waals surface area (Å²) in [6.07, 6.45) is 5.51. The Kier molecular flexibility index (Phi) is 4.35. The molecule has 0 bridgehead atoms. The minimum absolute atomic E-state index is 0.191. The molecular formula is C15H25N3O2. The van der Waals surface area contributed by atoms with Gasteiger partial charge in [0.2, 0.25) is 0 Å². The molecule has 1 aliphatic heterocycles. The number of likely N-dealkylation sites (tertiary alicyclic amines) is 1. The second-order valence-electron chi connectivity index (χ2n) is 6.59. The number of carbonyl (C=O) groups is 1. The van der Waals surface area contributed by atoms with Gasteiger partial charge in [0.1, 0.15) is 5.60 Å². The molecule has 0 spiro atoms. The number of amides is 1. The van der Waals surface area contributed by atoms with Crippen LogP contribution in [0.2, 0.25) is 0 Å². The van der Waals surface area contributed by atoms with Gasteiger partial charge in [-0.2, -0.15) is 0 Å². The number of hydrogen-bond acceptors (Lipinski definition) is 3. The van der Waals surface area contributed by atoms with E-state index >= 15 is 0 Å². The van der Waals surface area contributed by atoms with Crippen LogP contribution in [-0.4, -0.2) is 39.7 Å². The third kappa shape index (κ3) is 3.74. The third-order valence-corrected chi connectivity index (χ3v) is 3.88. The number of hydrogen-bond donors (Lipinski definition) is 1. The van der Waals surface area contributed by atoms with Gasteiger partial charge in [0.05, 0.1) is 12.0 Å². The molecule has 0 radical (unpaired) electrons. The standard InChI is InChI=1S/C15H25N3O2/c1-11(13-9-16-10-17-13)12-5-7-18(8-6-12)14(19)20-15(2,3)4/h9-12H,5-8H2,1-4H3,(H,16,17). The lowest BCUT2D eigenvalue weighted by Crippen LogP contribution is -2.42. The summed E-state index contributed by atoms with van der Waals surface area (Å²) in [4.78, 5) is 21.2. The van der Waals surface area contributed by atoms with E-state index in [9.17, 15) is 4.79 Å². The molecule has 0 aromatic carbocycles. The van der Waals surface area contributed by atoms with Crippen molar-refractivity contribution < 1.29 is 9.53 Å². The molecule has 112 valence electrons. The van der Waals surface area contributed by atoms with Gasteiger partial charge in [-0.1, -0.05) is 6.92 Å². The van der Waals surface area contributed by atoms with Crippen LogP contribution in [0.3, 0.4) is 0 Å². The molecule has 1 aromatic heterocycles. The number of aromatic nitrogens is 2. The number of carbonyl (C=O) groups excluding carboxylic acids is 1. The molecule has 20 heavy (non-hydrogen) atoms. The molecule has 1 amide bonds. The molecule has 5 heteroatoms. The van der Waals surface area contributed by atoms with E-state index in [1.807, 2.05) is 31.9 Å². The lowest BCUT2D eigenvalue weighted by molar-refractivity contribution is 0.0175. The van der Waals surface area contributed by atoms with Gasteiger partial charge in [-0.05, 0) is 39.5 Å². The number of imidazole rings is 1. The predicted octanol–water partition coefficient (Wildman–Crippen LogP) is 3.16. The number of piperidine rings is 1. The first kappa shape index (κ1) is 14.9. The molecular weight excluding hydrogens is 254 g/mol. The van der Waals surface area contributed by atoms with Crippen molar-refractivity contribution in [1.29, 1.82) is 0 Å². The van der Waals surface area contributed by atoms with Crippen molar-refractivity contribution in [2.75, 3.05) is 13.1 Å². The van der Waals surface area contributed by atoms with Gasteiger partial charge < -0.3 is 14.6 Å². The molecule has 1 atom stereocenters. The summed E-state index contributed by atoms with van der Waals surface area (Å²) in [7, 11) is 0. The largest absolute Gasteiger partial charge is 0.444 e. The summed E-state index contributed by atoms with van der Waals surface area (Å²) < 4.78 is 5.41. The SMILES string of the molecule is CC(c1c[nH]cn1)C1CCN(C(=O)OC(C)(C)C)CC1. The Morgan fingerprint density at radius 3 is 2.60 bits per heavy atom. The summed E-state index contributed by atoms with van der Waals surface area (Å²) in [5.74, 6) is 1.01. The minimum Gasteiger partial charge on any atom is -0.444 e. The van der Waals surface area contributed by atoms with Crippen LogP contribution in [0, 0.1) is 5.92 Å². The second kappa shape index (κ2) is 5.85. The number of H-pyrrole nitrogens is 1. The highest BCUT2D eigenvalue weighted by atomic mass is 16.6. The monoisotopic (exact) mass is 279 g/mol. The van der Waals surface area contributed by atoms with Crippen molar-refractivity contribution in [2.24, 2.45) is 5.92 Å². The Morgan fingerprint density at radius 1 is 1.45 bits per heavy atom. The van der Waals surface area contributed by atoms with Gasteiger partial charge in [-0.15, -0.1) is 0 Å². The van der Waals surface area contributed by atoms with Crippen LogP contribution in [-0.2, 0) is 4.74 Å². The van der Waals surface area contributed by atoms with Crippen LogP contribution < -0.4 is 0 Å². The summed E-state index contributed by atoms with van der Waals surface area (Å²) >= 11 is 0. The van der Waals surface area contributed by atoms with Crippen LogP contribution in [0.5, 0.6) is 0 Å². The fourth-order valence-electron chi connectivity index (χ4n) is 2.67. The maximum absolute atomic E-state index is 12.0. The molecule has 1 fully saturated rings. The maximum atomic E-state index is 12.0. The lowest BCUT2D eigenvalue weighted by Gasteiger charge is -2.35. The maximum Gasteiger partial charge on any atom is 0.410 e. The van der Waals surface area contributed by atoms with E-state index in [1.165, 1.54) is 0 Å². The lowest BCUT2D eigenvalue weighted by atomic mass is 9.84. The van der Waals surface area contributed by atoms with Gasteiger partial charge in [-0.25, -0.2) is 9.78 Å². The summed E-state index contributed by atoms with van der Waals surface area (Å²) in [6.45, 7) is 9.46. The number of ether oxygens (including phenoxy) is 1. The number of rotatable bonds is 2. The zero-order valence-corrected chi connectivity index (χ0v) is 12.8. The van der Waals surface area contributed by atoms with Crippen molar-refractivity contribution in [2.45, 2.75) is 52.1 Å². The second-order valence-corrected chi connectivity index (χ2v) is 6.59. The molecule has 5 nitrogen and oxygen atoms in total. The zero-order chi connectivity index (χ0) is 14.8. The van der Waals surface area contributed by atoms with Gasteiger partial charge in [-0.3, -0.25) is 0 Å². The van der Waals surface area contributed by atoms with E-state index < -0.39 is 5.60 Å². The van der Waals surface area contributed by atoms with Crippen LogP contribution in [0.1, 0.15) is 52.1 Å². The first-order valence-electron chi connectivity index (χ1n) is 7.33. The van der Waals surface area contributed by atoms with E-state index in [-0.39, 0.29) is 6.09 Å². The smallest absolute Gasteiger partial charge is 0.410 e. The normalized spacial score (nSPS) is 18.9. The molecule has 2 rings (SSSR count). The van der Waals surface area contributed by atoms with Crippen molar-refractivity contribution in [3.05, 3.63) is 18.2 Å². The predicted molar refractivity (Wildman–Crippen MR) is 77.5 cm³/mol. The van der Waals surface area contributed by atoms with Crippen molar-refractivity contribution in [3.8, 4) is 0 Å². The highest BCUT2D eigenvalue weighted by Gasteiger charge is 2.30. The van der Waals surface area contributed by atoms with Crippen molar-refractivity contribution in [3.63, 3.8) is 0 Å². The third-order valence-electron chi connectivity index (χ3n) is 3.88. The van der Waals surface area contributed by atoms with Crippen LogP contribution >= 0.6 is 0 Å². The quantitative estimate of drug-likeness (QED) is 0.904. The zero-order valence-electron chi connectivity index (χ0n) is 12.8. The van der Waals surface area contributed by atoms with Gasteiger partial charge in [0, 0.05) is 25.2 Å². The first-order valence-corrected chi connectivity index (χ1v) is 7.33. The van der Waals surface area contributed by atoms with Crippen molar-refractivity contribution >= 4 is 6.09 Å². The van der Waals surface area contributed by atoms with Crippen LogP contribution in [0.25, 0.3) is 0 Å². The summed E-state index contributed by atoms with van der Waals surface area (Å²) in [5.41, 5.74) is 0.691. The molecule has 2 heterocycles. The first-order chi connectivity index (χ1) is 9.37. The van der Waals surface area contributed by atoms with Gasteiger partial charge >= 0.3 is 6.09 Å². The van der Waals surface area contributed by atoms with Crippen LogP contribution in [0.4, 0.5) is 4.79 Å². The van der Waals surface area contributed by atoms with Crippen molar-refractivity contribution in [1.82, 2.24) is 14.9 Å². The topological polar surface area (TPSA) is 58.2 Å². The Labute approximate surface area is 120 Å². The molecule has 1 aliphatic rings. The van der Waals surface area contributed by atoms with Gasteiger partial charge in [0.25, 0.3) is 0 Å². The summed E-state index contributed by atoms with van der Waals surface area (Å²) in [5, 5.41) is 0. The number of nitrogens with one attached hydrogen (secondary N) is 1. The minimum atomic E-state index is -0.420. The van der Waals surface area contributed by atoms with E-state index in [0.717, 1.165) is 31.6 Å². The number of nitrogens with zero attached hydrogens (tertiary/aromatic N) is 2. The van der Waals surface area contributed by atoms with E-state index in [1.54, 1.807) is 6.33 Å². The van der Waals surface area contributed by atoms with E-state index in [4.69, 9.17) is 4.74 Å². The molecule has 1 N–H and O–H groups in total. The highest BCUT2D eigenvalue weighted by molar-refractivity contribution is 5.68. The number of aromatic amines is 1. The Hall–Kier alpha value is -1.52. The van der Waals surface area contributed by atoms with E-state index in [2.05, 4.69) is 16.9 Å².